The summed E-state index contributed by atoms with van der Waals surface area (Å²) in [6.07, 6.45) is 4.03. The molecule has 1 aliphatic heterocycles. The molecule has 0 spiro atoms. The van der Waals surface area contributed by atoms with Crippen LogP contribution in [0.15, 0.2) is 54.7 Å². The number of para-hydroxylation sites is 1. The summed E-state index contributed by atoms with van der Waals surface area (Å²) in [4.78, 5) is 26.2. The van der Waals surface area contributed by atoms with Crippen molar-refractivity contribution in [1.82, 2.24) is 14.8 Å². The SMILES string of the molecule is CN1CCC[C@H]1C(=O)N[C@@H](Cc1ccc(-c2cccc3ccn(C)c23)cc1)C(=O)O. The highest BCUT2D eigenvalue weighted by molar-refractivity contribution is 5.94. The maximum Gasteiger partial charge on any atom is 0.326 e. The van der Waals surface area contributed by atoms with Crippen LogP contribution in [0.2, 0.25) is 0 Å². The van der Waals surface area contributed by atoms with Crippen molar-refractivity contribution in [3.05, 3.63) is 60.3 Å². The number of hydrogen-bond donors (Lipinski definition) is 2. The molecule has 0 aliphatic carbocycles. The number of benzene rings is 2. The molecule has 1 saturated heterocycles. The summed E-state index contributed by atoms with van der Waals surface area (Å²) in [5, 5.41) is 13.5. The fourth-order valence-corrected chi connectivity index (χ4v) is 4.35. The lowest BCUT2D eigenvalue weighted by Crippen LogP contribution is -2.49. The van der Waals surface area contributed by atoms with Gasteiger partial charge in [-0.1, -0.05) is 42.5 Å². The molecular formula is C24H27N3O3. The van der Waals surface area contributed by atoms with E-state index in [9.17, 15) is 14.7 Å². The van der Waals surface area contributed by atoms with Crippen molar-refractivity contribution in [2.45, 2.75) is 31.3 Å². The summed E-state index contributed by atoms with van der Waals surface area (Å²) in [5.74, 6) is -1.21. The first-order valence-electron chi connectivity index (χ1n) is 10.3. The van der Waals surface area contributed by atoms with E-state index in [-0.39, 0.29) is 18.4 Å². The molecule has 1 aromatic heterocycles. The number of nitrogens with zero attached hydrogens (tertiary/aromatic N) is 2. The molecule has 2 N–H and O–H groups in total. The van der Waals surface area contributed by atoms with Crippen LogP contribution in [-0.2, 0) is 23.1 Å². The van der Waals surface area contributed by atoms with Crippen LogP contribution in [0, 0.1) is 0 Å². The van der Waals surface area contributed by atoms with Crippen molar-refractivity contribution < 1.29 is 14.7 Å². The quantitative estimate of drug-likeness (QED) is 0.661. The molecule has 0 bridgehead atoms. The Kier molecular flexibility index (Phi) is 5.59. The Balaban J connectivity index is 1.50. The van der Waals surface area contributed by atoms with Crippen molar-refractivity contribution in [3.63, 3.8) is 0 Å². The molecule has 6 nitrogen and oxygen atoms in total. The second-order valence-electron chi connectivity index (χ2n) is 8.11. The van der Waals surface area contributed by atoms with Gasteiger partial charge in [0.25, 0.3) is 0 Å². The molecule has 30 heavy (non-hydrogen) atoms. The molecule has 1 amide bonds. The lowest BCUT2D eigenvalue weighted by molar-refractivity contribution is -0.142. The van der Waals surface area contributed by atoms with E-state index in [1.165, 1.54) is 10.9 Å². The predicted molar refractivity (Wildman–Crippen MR) is 117 cm³/mol. The molecule has 0 unspecified atom stereocenters. The first-order chi connectivity index (χ1) is 14.4. The van der Waals surface area contributed by atoms with Crippen molar-refractivity contribution in [2.24, 2.45) is 7.05 Å². The molecule has 0 radical (unpaired) electrons. The van der Waals surface area contributed by atoms with E-state index in [1.807, 2.05) is 55.5 Å². The van der Waals surface area contributed by atoms with Crippen LogP contribution in [0.5, 0.6) is 0 Å². The summed E-state index contributed by atoms with van der Waals surface area (Å²) >= 11 is 0. The number of likely N-dealkylation sites (N-methyl/N-ethyl adjacent to an activating group) is 1. The van der Waals surface area contributed by atoms with E-state index in [4.69, 9.17) is 0 Å². The molecule has 156 valence electrons. The van der Waals surface area contributed by atoms with Gasteiger partial charge in [0.2, 0.25) is 5.91 Å². The molecule has 2 aromatic carbocycles. The molecule has 2 atom stereocenters. The number of amides is 1. The summed E-state index contributed by atoms with van der Waals surface area (Å²) in [5.41, 5.74) is 4.26. The highest BCUT2D eigenvalue weighted by Gasteiger charge is 2.30. The monoisotopic (exact) mass is 405 g/mol. The summed E-state index contributed by atoms with van der Waals surface area (Å²) in [6.45, 7) is 0.866. The Morgan fingerprint density at radius 1 is 1.13 bits per heavy atom. The van der Waals surface area contributed by atoms with E-state index in [0.717, 1.165) is 36.1 Å². The third-order valence-electron chi connectivity index (χ3n) is 6.04. The van der Waals surface area contributed by atoms with Gasteiger partial charge in [0.05, 0.1) is 11.6 Å². The van der Waals surface area contributed by atoms with E-state index < -0.39 is 12.0 Å². The Bertz CT molecular complexity index is 1070. The number of rotatable bonds is 6. The Morgan fingerprint density at radius 2 is 1.90 bits per heavy atom. The number of likely N-dealkylation sites (tertiary alicyclic amines) is 1. The zero-order chi connectivity index (χ0) is 21.3. The van der Waals surface area contributed by atoms with Gasteiger partial charge in [-0.25, -0.2) is 4.79 Å². The number of hydrogen-bond acceptors (Lipinski definition) is 3. The number of fused-ring (bicyclic) bond motifs is 1. The molecule has 4 rings (SSSR count). The van der Waals surface area contributed by atoms with Crippen LogP contribution in [0.3, 0.4) is 0 Å². The molecule has 0 saturated carbocycles. The average molecular weight is 405 g/mol. The van der Waals surface area contributed by atoms with Crippen LogP contribution in [0.4, 0.5) is 0 Å². The van der Waals surface area contributed by atoms with Gasteiger partial charge in [0.15, 0.2) is 0 Å². The minimum atomic E-state index is -1.01. The summed E-state index contributed by atoms with van der Waals surface area (Å²) < 4.78 is 2.11. The molecule has 6 heteroatoms. The van der Waals surface area contributed by atoms with E-state index in [0.29, 0.717) is 0 Å². The highest BCUT2D eigenvalue weighted by atomic mass is 16.4. The Morgan fingerprint density at radius 3 is 2.57 bits per heavy atom. The van der Waals surface area contributed by atoms with Crippen LogP contribution in [-0.4, -0.2) is 52.1 Å². The second-order valence-corrected chi connectivity index (χ2v) is 8.11. The third kappa shape index (κ3) is 3.96. The first-order valence-corrected chi connectivity index (χ1v) is 10.3. The van der Waals surface area contributed by atoms with Gasteiger partial charge in [0.1, 0.15) is 6.04 Å². The number of aryl methyl sites for hydroxylation is 1. The average Bonchev–Trinajstić information content (AvgIpc) is 3.33. The number of carboxylic acids is 1. The summed E-state index contributed by atoms with van der Waals surface area (Å²) in [6, 6.07) is 15.1. The maximum absolute atomic E-state index is 12.5. The number of nitrogens with one attached hydrogen (secondary N) is 1. The van der Waals surface area contributed by atoms with Gasteiger partial charge in [-0.15, -0.1) is 0 Å². The standard InChI is InChI=1S/C24H27N3O3/c1-26-13-4-7-21(26)23(28)25-20(24(29)30)15-16-8-10-17(11-9-16)19-6-3-5-18-12-14-27(2)22(18)19/h3,5-6,8-12,14,20-21H,4,7,13,15H2,1-2H3,(H,25,28)(H,29,30)/t20-,21-/m0/s1. The maximum atomic E-state index is 12.5. The van der Waals surface area contributed by atoms with Gasteiger partial charge in [-0.2, -0.15) is 0 Å². The number of aromatic nitrogens is 1. The van der Waals surface area contributed by atoms with Crippen molar-refractivity contribution in [2.75, 3.05) is 13.6 Å². The molecule has 1 fully saturated rings. The van der Waals surface area contributed by atoms with Crippen LogP contribution >= 0.6 is 0 Å². The van der Waals surface area contributed by atoms with Gasteiger partial charge in [-0.05, 0) is 43.6 Å². The number of carbonyl (C=O) groups is 2. The fraction of sp³-hybridized carbons (Fsp3) is 0.333. The lowest BCUT2D eigenvalue weighted by Gasteiger charge is -2.22. The fourth-order valence-electron chi connectivity index (χ4n) is 4.35. The Hall–Kier alpha value is -3.12. The largest absolute Gasteiger partial charge is 0.480 e. The van der Waals surface area contributed by atoms with Gasteiger partial charge < -0.3 is 15.0 Å². The topological polar surface area (TPSA) is 74.6 Å². The zero-order valence-corrected chi connectivity index (χ0v) is 17.3. The molecule has 1 aliphatic rings. The number of aliphatic carboxylic acids is 1. The molecule has 2 heterocycles. The van der Waals surface area contributed by atoms with Crippen LogP contribution in [0.1, 0.15) is 18.4 Å². The van der Waals surface area contributed by atoms with Crippen molar-refractivity contribution in [3.8, 4) is 11.1 Å². The summed E-state index contributed by atoms with van der Waals surface area (Å²) in [7, 11) is 3.93. The van der Waals surface area contributed by atoms with Crippen molar-refractivity contribution in [1.29, 1.82) is 0 Å². The van der Waals surface area contributed by atoms with E-state index >= 15 is 0 Å². The van der Waals surface area contributed by atoms with Crippen LogP contribution < -0.4 is 5.32 Å². The number of carbonyl (C=O) groups excluding carboxylic acids is 1. The first kappa shape index (κ1) is 20.2. The minimum Gasteiger partial charge on any atom is -0.480 e. The highest BCUT2D eigenvalue weighted by Crippen LogP contribution is 2.29. The van der Waals surface area contributed by atoms with Crippen LogP contribution in [0.25, 0.3) is 22.0 Å². The lowest BCUT2D eigenvalue weighted by atomic mass is 9.99. The second kappa shape index (κ2) is 8.32. The third-order valence-corrected chi connectivity index (χ3v) is 6.04. The van der Waals surface area contributed by atoms with Gasteiger partial charge in [0, 0.05) is 30.6 Å². The Labute approximate surface area is 176 Å². The number of carboxylic acid groups (broad SMARTS) is 1. The minimum absolute atomic E-state index is 0.200. The smallest absolute Gasteiger partial charge is 0.326 e. The predicted octanol–water partition coefficient (Wildman–Crippen LogP) is 3.05. The van der Waals surface area contributed by atoms with E-state index in [1.54, 1.807) is 0 Å². The van der Waals surface area contributed by atoms with Gasteiger partial charge in [-0.3, -0.25) is 9.69 Å². The zero-order valence-electron chi connectivity index (χ0n) is 17.3. The van der Waals surface area contributed by atoms with Crippen molar-refractivity contribution >= 4 is 22.8 Å². The normalized spacial score (nSPS) is 17.9. The van der Waals surface area contributed by atoms with E-state index in [2.05, 4.69) is 28.1 Å². The van der Waals surface area contributed by atoms with Gasteiger partial charge >= 0.3 is 5.97 Å². The molecular weight excluding hydrogens is 378 g/mol. The molecule has 3 aromatic rings.